The van der Waals surface area contributed by atoms with Gasteiger partial charge in [0.2, 0.25) is 5.50 Å². The topological polar surface area (TPSA) is 43.4 Å². The van der Waals surface area contributed by atoms with Gasteiger partial charge in [-0.2, -0.15) is 8.42 Å². The lowest BCUT2D eigenvalue weighted by molar-refractivity contribution is 0.270. The molecule has 0 radical (unpaired) electrons. The fourth-order valence-electron chi connectivity index (χ4n) is 2.71. The summed E-state index contributed by atoms with van der Waals surface area (Å²) in [5.41, 5.74) is -1.86. The molecule has 0 fully saturated rings. The predicted octanol–water partition coefficient (Wildman–Crippen LogP) is 6.52. The van der Waals surface area contributed by atoms with E-state index in [9.17, 15) is 12.8 Å². The van der Waals surface area contributed by atoms with E-state index in [1.54, 1.807) is 0 Å². The number of halogens is 1. The van der Waals surface area contributed by atoms with Crippen molar-refractivity contribution in [3.05, 3.63) is 0 Å². The van der Waals surface area contributed by atoms with Crippen molar-refractivity contribution in [3.63, 3.8) is 0 Å². The van der Waals surface area contributed by atoms with Gasteiger partial charge in [0.1, 0.15) is 0 Å². The summed E-state index contributed by atoms with van der Waals surface area (Å²) in [4.78, 5) is 0. The van der Waals surface area contributed by atoms with Crippen molar-refractivity contribution in [1.29, 1.82) is 0 Å². The lowest BCUT2D eigenvalue weighted by Crippen LogP contribution is -2.19. The Balaban J connectivity index is 3.55. The number of alkyl halides is 1. The summed E-state index contributed by atoms with van der Waals surface area (Å²) in [6.07, 6.45) is 15.2. The maximum absolute atomic E-state index is 13.8. The molecule has 0 bridgehead atoms. The highest BCUT2D eigenvalue weighted by Gasteiger charge is 2.25. The van der Waals surface area contributed by atoms with Crippen LogP contribution in [0.2, 0.25) is 0 Å². The molecule has 0 aliphatic carbocycles. The standard InChI is InChI=1S/C19H39FO3S/c1-3-5-7-9-10-11-12-14-16-18-23-24(21,22)19(20)17-15-13-8-6-4-2/h19H,3-18H2,1-2H3. The van der Waals surface area contributed by atoms with Crippen LogP contribution >= 0.6 is 0 Å². The molecule has 0 rings (SSSR count). The Labute approximate surface area is 149 Å². The maximum Gasteiger partial charge on any atom is 0.299 e. The Morgan fingerprint density at radius 2 is 1.12 bits per heavy atom. The first kappa shape index (κ1) is 23.8. The fourth-order valence-corrected chi connectivity index (χ4v) is 3.67. The van der Waals surface area contributed by atoms with Gasteiger partial charge in [-0.3, -0.25) is 4.18 Å². The molecule has 146 valence electrons. The maximum atomic E-state index is 13.8. The predicted molar refractivity (Wildman–Crippen MR) is 100 cm³/mol. The van der Waals surface area contributed by atoms with Crippen molar-refractivity contribution in [2.45, 2.75) is 116 Å². The van der Waals surface area contributed by atoms with Crippen LogP contribution in [0.1, 0.15) is 110 Å². The molecule has 0 saturated carbocycles. The minimum atomic E-state index is -4.03. The Morgan fingerprint density at radius 3 is 1.62 bits per heavy atom. The molecular formula is C19H39FO3S. The van der Waals surface area contributed by atoms with Crippen molar-refractivity contribution in [1.82, 2.24) is 0 Å². The molecule has 0 aliphatic heterocycles. The summed E-state index contributed by atoms with van der Waals surface area (Å²) in [6.45, 7) is 4.44. The van der Waals surface area contributed by atoms with Crippen LogP contribution in [0, 0.1) is 0 Å². The van der Waals surface area contributed by atoms with E-state index in [0.717, 1.165) is 38.5 Å². The molecule has 0 spiro atoms. The molecule has 0 saturated heterocycles. The Bertz CT molecular complexity index is 358. The third-order valence-corrected chi connectivity index (χ3v) is 5.70. The molecule has 0 aliphatic rings. The van der Waals surface area contributed by atoms with Gasteiger partial charge in [-0.1, -0.05) is 90.9 Å². The summed E-state index contributed by atoms with van der Waals surface area (Å²) < 4.78 is 42.0. The summed E-state index contributed by atoms with van der Waals surface area (Å²) in [5.74, 6) is 0. The minimum Gasteiger partial charge on any atom is -0.268 e. The highest BCUT2D eigenvalue weighted by atomic mass is 32.2. The van der Waals surface area contributed by atoms with Gasteiger partial charge in [0.15, 0.2) is 0 Å². The molecule has 24 heavy (non-hydrogen) atoms. The Morgan fingerprint density at radius 1 is 0.708 bits per heavy atom. The summed E-state index contributed by atoms with van der Waals surface area (Å²) >= 11 is 0. The molecule has 0 aromatic carbocycles. The number of hydrogen-bond donors (Lipinski definition) is 0. The van der Waals surface area contributed by atoms with E-state index in [1.165, 1.54) is 38.5 Å². The lowest BCUT2D eigenvalue weighted by Gasteiger charge is -2.10. The zero-order chi connectivity index (χ0) is 18.1. The fraction of sp³-hybridized carbons (Fsp3) is 1.00. The van der Waals surface area contributed by atoms with Gasteiger partial charge in [-0.15, -0.1) is 0 Å². The molecule has 0 aromatic heterocycles. The first-order valence-corrected chi connectivity index (χ1v) is 11.5. The molecule has 1 atom stereocenters. The lowest BCUT2D eigenvalue weighted by atomic mass is 10.1. The molecule has 5 heteroatoms. The van der Waals surface area contributed by atoms with E-state index in [4.69, 9.17) is 4.18 Å². The van der Waals surface area contributed by atoms with Gasteiger partial charge in [-0.25, -0.2) is 4.39 Å². The molecule has 3 nitrogen and oxygen atoms in total. The molecule has 1 unspecified atom stereocenters. The van der Waals surface area contributed by atoms with Crippen molar-refractivity contribution >= 4 is 10.1 Å². The van der Waals surface area contributed by atoms with Crippen LogP contribution in [-0.4, -0.2) is 20.5 Å². The first-order valence-electron chi connectivity index (χ1n) is 10.1. The van der Waals surface area contributed by atoms with Gasteiger partial charge in [0.25, 0.3) is 10.1 Å². The van der Waals surface area contributed by atoms with E-state index >= 15 is 0 Å². The van der Waals surface area contributed by atoms with Gasteiger partial charge in [0.05, 0.1) is 6.61 Å². The van der Waals surface area contributed by atoms with Gasteiger partial charge in [0, 0.05) is 0 Å². The summed E-state index contributed by atoms with van der Waals surface area (Å²) in [6, 6.07) is 0. The third-order valence-electron chi connectivity index (χ3n) is 4.34. The second-order valence-electron chi connectivity index (χ2n) is 6.76. The van der Waals surface area contributed by atoms with Crippen LogP contribution < -0.4 is 0 Å². The SMILES string of the molecule is CCCCCCCCCCCOS(=O)(=O)C(F)CCCCCCC. The van der Waals surface area contributed by atoms with Gasteiger partial charge < -0.3 is 0 Å². The van der Waals surface area contributed by atoms with Crippen LogP contribution in [0.25, 0.3) is 0 Å². The smallest absolute Gasteiger partial charge is 0.268 e. The monoisotopic (exact) mass is 366 g/mol. The summed E-state index contributed by atoms with van der Waals surface area (Å²) in [5, 5.41) is 0. The number of hydrogen-bond acceptors (Lipinski definition) is 3. The first-order chi connectivity index (χ1) is 11.5. The molecule has 0 amide bonds. The van der Waals surface area contributed by atoms with E-state index in [-0.39, 0.29) is 13.0 Å². The average molecular weight is 367 g/mol. The van der Waals surface area contributed by atoms with Crippen molar-refractivity contribution < 1.29 is 17.0 Å². The number of rotatable bonds is 18. The molecule has 0 N–H and O–H groups in total. The van der Waals surface area contributed by atoms with E-state index in [2.05, 4.69) is 13.8 Å². The quantitative estimate of drug-likeness (QED) is 0.205. The average Bonchev–Trinajstić information content (AvgIpc) is 2.56. The van der Waals surface area contributed by atoms with E-state index in [1.807, 2.05) is 0 Å². The van der Waals surface area contributed by atoms with Crippen LogP contribution in [0.15, 0.2) is 0 Å². The molecular weight excluding hydrogens is 327 g/mol. The zero-order valence-corrected chi connectivity index (χ0v) is 16.7. The summed E-state index contributed by atoms with van der Waals surface area (Å²) in [7, 11) is -4.03. The Hall–Kier alpha value is -0.160. The molecule has 0 heterocycles. The van der Waals surface area contributed by atoms with Crippen LogP contribution in [0.4, 0.5) is 4.39 Å². The highest BCUT2D eigenvalue weighted by Crippen LogP contribution is 2.16. The largest absolute Gasteiger partial charge is 0.299 e. The van der Waals surface area contributed by atoms with Crippen molar-refractivity contribution in [3.8, 4) is 0 Å². The van der Waals surface area contributed by atoms with Gasteiger partial charge in [-0.05, 0) is 19.3 Å². The van der Waals surface area contributed by atoms with Crippen molar-refractivity contribution in [2.75, 3.05) is 6.61 Å². The Kier molecular flexibility index (Phi) is 16.2. The highest BCUT2D eigenvalue weighted by molar-refractivity contribution is 7.87. The molecule has 0 aromatic rings. The second-order valence-corrected chi connectivity index (χ2v) is 8.49. The number of unbranched alkanes of at least 4 members (excludes halogenated alkanes) is 12. The zero-order valence-electron chi connectivity index (χ0n) is 15.9. The van der Waals surface area contributed by atoms with Crippen LogP contribution in [0.5, 0.6) is 0 Å². The minimum absolute atomic E-state index is 0.0593. The normalized spacial score (nSPS) is 13.3. The second kappa shape index (κ2) is 16.3. The van der Waals surface area contributed by atoms with Crippen LogP contribution in [0.3, 0.4) is 0 Å². The van der Waals surface area contributed by atoms with Crippen LogP contribution in [-0.2, 0) is 14.3 Å². The van der Waals surface area contributed by atoms with Crippen molar-refractivity contribution in [2.24, 2.45) is 0 Å². The van der Waals surface area contributed by atoms with E-state index in [0.29, 0.717) is 12.8 Å². The third kappa shape index (κ3) is 14.2. The van der Waals surface area contributed by atoms with E-state index < -0.39 is 15.6 Å². The van der Waals surface area contributed by atoms with Gasteiger partial charge >= 0.3 is 0 Å².